The molecule has 1 saturated carbocycles. The molecule has 3 heteroatoms. The molecule has 0 aromatic carbocycles. The van der Waals surface area contributed by atoms with Gasteiger partial charge in [-0.3, -0.25) is 4.79 Å². The number of carbonyl (C=O) groups is 1. The highest BCUT2D eigenvalue weighted by Crippen LogP contribution is 2.47. The molecule has 136 valence electrons. The molecule has 1 aliphatic rings. The van der Waals surface area contributed by atoms with E-state index < -0.39 is 9.04 Å². The first-order valence-electron chi connectivity index (χ1n) is 10.2. The fourth-order valence-electron chi connectivity index (χ4n) is 4.05. The second-order valence-electron chi connectivity index (χ2n) is 7.69. The first-order valence-corrected chi connectivity index (χ1v) is 12.5. The zero-order valence-corrected chi connectivity index (χ0v) is 17.3. The molecule has 1 aliphatic carbocycles. The number of ketones is 1. The number of carbonyl (C=O) groups excluding carboxylic acids is 1. The van der Waals surface area contributed by atoms with E-state index in [1.54, 1.807) is 0 Å². The van der Waals surface area contributed by atoms with Crippen LogP contribution in [-0.4, -0.2) is 20.9 Å². The lowest BCUT2D eigenvalue weighted by Crippen LogP contribution is -2.38. The third-order valence-corrected chi connectivity index (χ3v) is 9.22. The van der Waals surface area contributed by atoms with E-state index in [-0.39, 0.29) is 0 Å². The summed E-state index contributed by atoms with van der Waals surface area (Å²) in [4.78, 5) is 11.5. The Kier molecular flexibility index (Phi) is 10.4. The molecule has 2 nitrogen and oxygen atoms in total. The molecule has 23 heavy (non-hydrogen) atoms. The van der Waals surface area contributed by atoms with Crippen molar-refractivity contribution >= 4 is 14.8 Å². The summed E-state index contributed by atoms with van der Waals surface area (Å²) in [5.41, 5.74) is 0. The number of unbranched alkanes of at least 4 members (excludes halogenated alkanes) is 3. The van der Waals surface area contributed by atoms with Crippen molar-refractivity contribution in [2.75, 3.05) is 0 Å². The lowest BCUT2D eigenvalue weighted by Gasteiger charge is -2.41. The van der Waals surface area contributed by atoms with Gasteiger partial charge in [0.2, 0.25) is 0 Å². The predicted octanol–water partition coefficient (Wildman–Crippen LogP) is 6.18. The van der Waals surface area contributed by atoms with Gasteiger partial charge >= 0.3 is 0 Å². The van der Waals surface area contributed by atoms with Gasteiger partial charge in [-0.15, -0.1) is 0 Å². The lowest BCUT2D eigenvalue weighted by atomic mass is 9.89. The van der Waals surface area contributed by atoms with E-state index in [2.05, 4.69) is 27.3 Å². The molecule has 1 rings (SSSR count). The minimum Gasteiger partial charge on any atom is -0.417 e. The topological polar surface area (TPSA) is 26.3 Å². The zero-order chi connectivity index (χ0) is 17.1. The van der Waals surface area contributed by atoms with E-state index in [1.807, 2.05) is 0 Å². The van der Waals surface area contributed by atoms with Gasteiger partial charge in [0.25, 0.3) is 0 Å². The van der Waals surface area contributed by atoms with Crippen LogP contribution in [0.25, 0.3) is 0 Å². The van der Waals surface area contributed by atoms with Gasteiger partial charge in [-0.05, 0) is 43.7 Å². The number of rotatable bonds is 12. The maximum absolute atomic E-state index is 11.5. The Labute approximate surface area is 146 Å². The van der Waals surface area contributed by atoms with Gasteiger partial charge in [0.1, 0.15) is 5.78 Å². The highest BCUT2D eigenvalue weighted by molar-refractivity contribution is 6.54. The van der Waals surface area contributed by atoms with Crippen molar-refractivity contribution in [1.82, 2.24) is 0 Å². The molecule has 1 unspecified atom stereocenters. The predicted molar refractivity (Wildman–Crippen MR) is 103 cm³/mol. The third kappa shape index (κ3) is 7.09. The summed E-state index contributed by atoms with van der Waals surface area (Å²) < 4.78 is 6.68. The minimum atomic E-state index is -1.25. The molecule has 0 aromatic heterocycles. The molecule has 0 N–H and O–H groups in total. The fraction of sp³-hybridized carbons (Fsp3) is 0.950. The van der Waals surface area contributed by atoms with Gasteiger partial charge in [-0.1, -0.05) is 59.3 Å². The standard InChI is InChI=1S/C20H40O2Si/c1-5-8-15-20(16-9-6-2,17-10-7-3)23(4)22-19-13-11-18(21)12-14-19/h19,23H,5-17H2,1-4H3. The smallest absolute Gasteiger partial charge is 0.180 e. The maximum atomic E-state index is 11.5. The van der Waals surface area contributed by atoms with Crippen LogP contribution in [0.2, 0.25) is 11.6 Å². The second kappa shape index (κ2) is 11.4. The summed E-state index contributed by atoms with van der Waals surface area (Å²) in [5.74, 6) is 0.438. The Bertz CT molecular complexity index is 298. The van der Waals surface area contributed by atoms with Crippen LogP contribution in [0.4, 0.5) is 0 Å². The zero-order valence-electron chi connectivity index (χ0n) is 16.2. The molecule has 0 spiro atoms. The van der Waals surface area contributed by atoms with Crippen LogP contribution >= 0.6 is 0 Å². The van der Waals surface area contributed by atoms with Crippen LogP contribution < -0.4 is 0 Å². The molecule has 0 saturated heterocycles. The summed E-state index contributed by atoms with van der Waals surface area (Å²) in [6, 6.07) is 0. The molecule has 0 amide bonds. The van der Waals surface area contributed by atoms with Gasteiger partial charge in [-0.25, -0.2) is 0 Å². The Morgan fingerprint density at radius 1 is 0.957 bits per heavy atom. The van der Waals surface area contributed by atoms with Crippen molar-refractivity contribution in [2.45, 2.75) is 122 Å². The molecule has 1 fully saturated rings. The van der Waals surface area contributed by atoms with Crippen LogP contribution in [0.5, 0.6) is 0 Å². The molecule has 0 heterocycles. The average molecular weight is 341 g/mol. The first kappa shape index (κ1) is 20.9. The van der Waals surface area contributed by atoms with E-state index in [1.165, 1.54) is 57.8 Å². The van der Waals surface area contributed by atoms with E-state index in [0.29, 0.717) is 16.9 Å². The summed E-state index contributed by atoms with van der Waals surface area (Å²) in [6.07, 6.45) is 15.8. The van der Waals surface area contributed by atoms with Crippen molar-refractivity contribution in [2.24, 2.45) is 0 Å². The summed E-state index contributed by atoms with van der Waals surface area (Å²) in [7, 11) is -1.25. The van der Waals surface area contributed by atoms with Gasteiger partial charge < -0.3 is 4.43 Å². The monoisotopic (exact) mass is 340 g/mol. The Hall–Kier alpha value is -0.153. The molecular formula is C20H40O2Si. The van der Waals surface area contributed by atoms with E-state index >= 15 is 0 Å². The quantitative estimate of drug-likeness (QED) is 0.396. The average Bonchev–Trinajstić information content (AvgIpc) is 2.56. The summed E-state index contributed by atoms with van der Waals surface area (Å²) >= 11 is 0. The third-order valence-electron chi connectivity index (χ3n) is 5.83. The van der Waals surface area contributed by atoms with Crippen LogP contribution in [0.1, 0.15) is 104 Å². The van der Waals surface area contributed by atoms with Crippen molar-refractivity contribution in [3.05, 3.63) is 0 Å². The van der Waals surface area contributed by atoms with Crippen LogP contribution in [0.3, 0.4) is 0 Å². The van der Waals surface area contributed by atoms with Crippen molar-refractivity contribution in [1.29, 1.82) is 0 Å². The highest BCUT2D eigenvalue weighted by atomic mass is 28.3. The molecule has 0 aliphatic heterocycles. The summed E-state index contributed by atoms with van der Waals surface area (Å²) in [5, 5.41) is 0.490. The van der Waals surface area contributed by atoms with E-state index in [4.69, 9.17) is 4.43 Å². The Morgan fingerprint density at radius 2 is 1.39 bits per heavy atom. The number of Topliss-reactive ketones (excluding diaryl/α,β-unsaturated/α-hetero) is 1. The van der Waals surface area contributed by atoms with Gasteiger partial charge in [-0.2, -0.15) is 0 Å². The lowest BCUT2D eigenvalue weighted by molar-refractivity contribution is -0.121. The van der Waals surface area contributed by atoms with Gasteiger partial charge in [0.15, 0.2) is 9.04 Å². The van der Waals surface area contributed by atoms with Crippen molar-refractivity contribution in [3.63, 3.8) is 0 Å². The molecule has 0 aromatic rings. The fourth-order valence-corrected chi connectivity index (χ4v) is 7.02. The van der Waals surface area contributed by atoms with E-state index in [9.17, 15) is 4.79 Å². The molecule has 0 radical (unpaired) electrons. The van der Waals surface area contributed by atoms with E-state index in [0.717, 1.165) is 25.7 Å². The number of hydrogen-bond donors (Lipinski definition) is 0. The highest BCUT2D eigenvalue weighted by Gasteiger charge is 2.38. The molecule has 1 atom stereocenters. The summed E-state index contributed by atoms with van der Waals surface area (Å²) in [6.45, 7) is 9.39. The first-order chi connectivity index (χ1) is 11.1. The minimum absolute atomic E-state index is 0.374. The number of hydrogen-bond acceptors (Lipinski definition) is 2. The SMILES string of the molecule is CCCCC(CCCC)(CCCC)[SiH](C)OC1CCC(=O)CC1. The Morgan fingerprint density at radius 3 is 1.78 bits per heavy atom. The molecular weight excluding hydrogens is 300 g/mol. The van der Waals surface area contributed by atoms with Crippen LogP contribution in [-0.2, 0) is 9.22 Å². The largest absolute Gasteiger partial charge is 0.417 e. The van der Waals surface area contributed by atoms with Crippen molar-refractivity contribution in [3.8, 4) is 0 Å². The maximum Gasteiger partial charge on any atom is 0.180 e. The van der Waals surface area contributed by atoms with Crippen molar-refractivity contribution < 1.29 is 9.22 Å². The van der Waals surface area contributed by atoms with Crippen LogP contribution in [0.15, 0.2) is 0 Å². The van der Waals surface area contributed by atoms with Gasteiger partial charge in [0, 0.05) is 18.9 Å². The Balaban J connectivity index is 2.73. The van der Waals surface area contributed by atoms with Gasteiger partial charge in [0.05, 0.1) is 0 Å². The normalized spacial score (nSPS) is 18.3. The molecule has 0 bridgehead atoms. The van der Waals surface area contributed by atoms with Crippen LogP contribution in [0, 0.1) is 0 Å². The second-order valence-corrected chi connectivity index (χ2v) is 10.5.